The van der Waals surface area contributed by atoms with E-state index in [4.69, 9.17) is 5.73 Å². The van der Waals surface area contributed by atoms with Gasteiger partial charge in [0.2, 0.25) is 11.8 Å². The summed E-state index contributed by atoms with van der Waals surface area (Å²) in [5.41, 5.74) is 8.32. The first-order valence-corrected chi connectivity index (χ1v) is 8.62. The van der Waals surface area contributed by atoms with E-state index in [1.165, 1.54) is 0 Å². The summed E-state index contributed by atoms with van der Waals surface area (Å²) in [7, 11) is 0. The Morgan fingerprint density at radius 1 is 1.12 bits per heavy atom. The van der Waals surface area contributed by atoms with Crippen molar-refractivity contribution in [1.29, 1.82) is 0 Å². The highest BCUT2D eigenvalue weighted by molar-refractivity contribution is 5.94. The number of carbonyl (C=O) groups is 2. The number of nitrogens with two attached hydrogens (primary N) is 1. The Balaban J connectivity index is 1.71. The van der Waals surface area contributed by atoms with Crippen LogP contribution in [0, 0.1) is 0 Å². The predicted molar refractivity (Wildman–Crippen MR) is 97.9 cm³/mol. The van der Waals surface area contributed by atoms with Crippen LogP contribution in [0.2, 0.25) is 0 Å². The van der Waals surface area contributed by atoms with Crippen LogP contribution < -0.4 is 16.0 Å². The molecule has 0 saturated carbocycles. The highest BCUT2D eigenvalue weighted by Gasteiger charge is 2.20. The maximum Gasteiger partial charge on any atom is 0.239 e. The third-order valence-electron chi connectivity index (χ3n) is 4.47. The standard InChI is InChI=1S/C20H23N3O2/c21-20(25)19(16-8-2-1-3-9-16)22-14-15-7-6-10-17(13-15)23-12-5-4-11-18(23)24/h1-3,6-10,13,19,22H,4-5,11-12,14H2,(H2,21,25). The second-order valence-corrected chi connectivity index (χ2v) is 6.30. The number of anilines is 1. The molecule has 3 N–H and O–H groups in total. The molecule has 1 atom stereocenters. The van der Waals surface area contributed by atoms with Crippen LogP contribution in [0.5, 0.6) is 0 Å². The molecule has 25 heavy (non-hydrogen) atoms. The van der Waals surface area contributed by atoms with Crippen LogP contribution in [-0.4, -0.2) is 18.4 Å². The third-order valence-corrected chi connectivity index (χ3v) is 4.47. The molecule has 2 aromatic carbocycles. The van der Waals surface area contributed by atoms with Gasteiger partial charge in [-0.05, 0) is 36.1 Å². The number of hydrogen-bond donors (Lipinski definition) is 2. The average molecular weight is 337 g/mol. The molecular formula is C20H23N3O2. The fraction of sp³-hybridized carbons (Fsp3) is 0.300. The summed E-state index contributed by atoms with van der Waals surface area (Å²) < 4.78 is 0. The monoisotopic (exact) mass is 337 g/mol. The highest BCUT2D eigenvalue weighted by atomic mass is 16.2. The van der Waals surface area contributed by atoms with Gasteiger partial charge in [-0.2, -0.15) is 0 Å². The molecule has 1 fully saturated rings. The van der Waals surface area contributed by atoms with Gasteiger partial charge in [0.05, 0.1) is 0 Å². The van der Waals surface area contributed by atoms with Crippen LogP contribution in [0.15, 0.2) is 54.6 Å². The molecule has 0 bridgehead atoms. The second-order valence-electron chi connectivity index (χ2n) is 6.30. The van der Waals surface area contributed by atoms with Gasteiger partial charge in [0, 0.05) is 25.2 Å². The smallest absolute Gasteiger partial charge is 0.239 e. The van der Waals surface area contributed by atoms with Gasteiger partial charge < -0.3 is 10.6 Å². The lowest BCUT2D eigenvalue weighted by Crippen LogP contribution is -2.35. The second kappa shape index (κ2) is 7.94. The average Bonchev–Trinajstić information content (AvgIpc) is 2.63. The molecule has 1 unspecified atom stereocenters. The molecule has 1 saturated heterocycles. The zero-order valence-corrected chi connectivity index (χ0v) is 14.2. The molecule has 0 radical (unpaired) electrons. The van der Waals surface area contributed by atoms with E-state index in [0.717, 1.165) is 36.2 Å². The van der Waals surface area contributed by atoms with Crippen molar-refractivity contribution in [3.63, 3.8) is 0 Å². The van der Waals surface area contributed by atoms with Gasteiger partial charge in [0.15, 0.2) is 0 Å². The normalized spacial score (nSPS) is 15.8. The minimum atomic E-state index is -0.540. The van der Waals surface area contributed by atoms with E-state index in [-0.39, 0.29) is 5.91 Å². The fourth-order valence-electron chi connectivity index (χ4n) is 3.16. The van der Waals surface area contributed by atoms with Crippen molar-refractivity contribution < 1.29 is 9.59 Å². The molecule has 130 valence electrons. The molecule has 0 aromatic heterocycles. The summed E-state index contributed by atoms with van der Waals surface area (Å²) in [4.78, 5) is 25.7. The topological polar surface area (TPSA) is 75.4 Å². The number of piperidine rings is 1. The van der Waals surface area contributed by atoms with Gasteiger partial charge in [-0.15, -0.1) is 0 Å². The summed E-state index contributed by atoms with van der Waals surface area (Å²) in [6, 6.07) is 16.8. The van der Waals surface area contributed by atoms with Crippen molar-refractivity contribution in [3.05, 3.63) is 65.7 Å². The van der Waals surface area contributed by atoms with Gasteiger partial charge in [0.1, 0.15) is 6.04 Å². The molecule has 5 heteroatoms. The van der Waals surface area contributed by atoms with Crippen molar-refractivity contribution in [3.8, 4) is 0 Å². The number of primary amides is 1. The quantitative estimate of drug-likeness (QED) is 0.850. The minimum absolute atomic E-state index is 0.177. The molecule has 1 heterocycles. The molecular weight excluding hydrogens is 314 g/mol. The number of amides is 2. The maximum atomic E-state index is 12.1. The largest absolute Gasteiger partial charge is 0.368 e. The molecule has 5 nitrogen and oxygen atoms in total. The predicted octanol–water partition coefficient (Wildman–Crippen LogP) is 2.52. The maximum absolute atomic E-state index is 12.1. The minimum Gasteiger partial charge on any atom is -0.368 e. The Hall–Kier alpha value is -2.66. The number of nitrogens with one attached hydrogen (secondary N) is 1. The first kappa shape index (κ1) is 17.2. The van der Waals surface area contributed by atoms with E-state index < -0.39 is 11.9 Å². The fourth-order valence-corrected chi connectivity index (χ4v) is 3.16. The van der Waals surface area contributed by atoms with Crippen LogP contribution >= 0.6 is 0 Å². The first-order chi connectivity index (χ1) is 12.1. The van der Waals surface area contributed by atoms with Gasteiger partial charge in [-0.1, -0.05) is 42.5 Å². The number of hydrogen-bond acceptors (Lipinski definition) is 3. The molecule has 0 spiro atoms. The van der Waals surface area contributed by atoms with Gasteiger partial charge in [0.25, 0.3) is 0 Å². The lowest BCUT2D eigenvalue weighted by Gasteiger charge is -2.27. The van der Waals surface area contributed by atoms with Gasteiger partial charge >= 0.3 is 0 Å². The van der Waals surface area contributed by atoms with E-state index in [1.807, 2.05) is 59.5 Å². The van der Waals surface area contributed by atoms with E-state index in [1.54, 1.807) is 0 Å². The van der Waals surface area contributed by atoms with Gasteiger partial charge in [-0.25, -0.2) is 0 Å². The third kappa shape index (κ3) is 4.25. The first-order valence-electron chi connectivity index (χ1n) is 8.62. The summed E-state index contributed by atoms with van der Waals surface area (Å²) in [5, 5.41) is 3.22. The number of rotatable bonds is 6. The van der Waals surface area contributed by atoms with Crippen molar-refractivity contribution in [2.45, 2.75) is 31.8 Å². The van der Waals surface area contributed by atoms with Crippen molar-refractivity contribution in [1.82, 2.24) is 5.32 Å². The number of carbonyl (C=O) groups excluding carboxylic acids is 2. The van der Waals surface area contributed by atoms with E-state index >= 15 is 0 Å². The summed E-state index contributed by atoms with van der Waals surface area (Å²) in [6.45, 7) is 1.27. The lowest BCUT2D eigenvalue weighted by atomic mass is 10.1. The number of nitrogens with zero attached hydrogens (tertiary/aromatic N) is 1. The zero-order valence-electron chi connectivity index (χ0n) is 14.2. The van der Waals surface area contributed by atoms with E-state index in [9.17, 15) is 9.59 Å². The summed E-state index contributed by atoms with van der Waals surface area (Å²) in [5.74, 6) is -0.232. The molecule has 2 amide bonds. The van der Waals surface area contributed by atoms with Crippen LogP contribution in [0.1, 0.15) is 36.4 Å². The summed E-state index contributed by atoms with van der Waals surface area (Å²) in [6.07, 6.45) is 2.61. The highest BCUT2D eigenvalue weighted by Crippen LogP contribution is 2.22. The van der Waals surface area contributed by atoms with Crippen LogP contribution in [0.3, 0.4) is 0 Å². The molecule has 1 aliphatic rings. The van der Waals surface area contributed by atoms with Crippen LogP contribution in [0.25, 0.3) is 0 Å². The Labute approximate surface area is 147 Å². The van der Waals surface area contributed by atoms with Gasteiger partial charge in [-0.3, -0.25) is 14.9 Å². The van der Waals surface area contributed by atoms with Crippen molar-refractivity contribution in [2.75, 3.05) is 11.4 Å². The van der Waals surface area contributed by atoms with Crippen molar-refractivity contribution in [2.24, 2.45) is 5.73 Å². The molecule has 3 rings (SSSR count). The Morgan fingerprint density at radius 3 is 2.64 bits per heavy atom. The zero-order chi connectivity index (χ0) is 17.6. The van der Waals surface area contributed by atoms with Crippen molar-refractivity contribution >= 4 is 17.5 Å². The summed E-state index contributed by atoms with van der Waals surface area (Å²) >= 11 is 0. The Bertz CT molecular complexity index is 746. The molecule has 0 aliphatic carbocycles. The van der Waals surface area contributed by atoms with Crippen LogP contribution in [-0.2, 0) is 16.1 Å². The Kier molecular flexibility index (Phi) is 5.46. The number of benzene rings is 2. The SMILES string of the molecule is NC(=O)C(NCc1cccc(N2CCCCC2=O)c1)c1ccccc1. The lowest BCUT2D eigenvalue weighted by molar-refractivity contribution is -0.120. The van der Waals surface area contributed by atoms with E-state index in [2.05, 4.69) is 5.32 Å². The van der Waals surface area contributed by atoms with Crippen LogP contribution in [0.4, 0.5) is 5.69 Å². The Morgan fingerprint density at radius 2 is 1.92 bits per heavy atom. The van der Waals surface area contributed by atoms with E-state index in [0.29, 0.717) is 13.0 Å². The molecule has 2 aromatic rings. The molecule has 1 aliphatic heterocycles.